The van der Waals surface area contributed by atoms with Gasteiger partial charge in [0.05, 0.1) is 0 Å². The van der Waals surface area contributed by atoms with E-state index in [4.69, 9.17) is 10.2 Å². The molecule has 0 bridgehead atoms. The predicted octanol–water partition coefficient (Wildman–Crippen LogP) is 0.772. The van der Waals surface area contributed by atoms with E-state index in [1.165, 1.54) is 26.1 Å². The lowest BCUT2D eigenvalue weighted by Gasteiger charge is -2.22. The Hall–Kier alpha value is -2.04. The van der Waals surface area contributed by atoms with Crippen molar-refractivity contribution in [3.63, 3.8) is 0 Å². The minimum atomic E-state index is -1.51. The zero-order valence-electron chi connectivity index (χ0n) is 9.73. The van der Waals surface area contributed by atoms with Crippen LogP contribution in [0.5, 0.6) is 5.75 Å². The zero-order valence-corrected chi connectivity index (χ0v) is 9.73. The Bertz CT molecular complexity index is 427. The summed E-state index contributed by atoms with van der Waals surface area (Å²) in [5, 5.41) is 20.6. The van der Waals surface area contributed by atoms with Gasteiger partial charge >= 0.3 is 5.97 Å². The first-order chi connectivity index (χ1) is 7.90. The lowest BCUT2D eigenvalue weighted by Crippen LogP contribution is -2.44. The number of benzene rings is 1. The molecule has 0 radical (unpaired) electrons. The highest BCUT2D eigenvalue weighted by Gasteiger charge is 2.40. The van der Waals surface area contributed by atoms with Gasteiger partial charge in [-0.1, -0.05) is 12.1 Å². The molecule has 0 heterocycles. The SMILES string of the molecule is CNC(=O)C(C)(Cc1ccc(O)cc1)C(=O)O. The van der Waals surface area contributed by atoms with Crippen molar-refractivity contribution in [2.45, 2.75) is 13.3 Å². The van der Waals surface area contributed by atoms with Crippen molar-refractivity contribution in [2.24, 2.45) is 5.41 Å². The first-order valence-corrected chi connectivity index (χ1v) is 5.13. The largest absolute Gasteiger partial charge is 0.508 e. The predicted molar refractivity (Wildman–Crippen MR) is 61.6 cm³/mol. The van der Waals surface area contributed by atoms with E-state index in [9.17, 15) is 9.59 Å². The van der Waals surface area contributed by atoms with Gasteiger partial charge in [-0.25, -0.2) is 0 Å². The van der Waals surface area contributed by atoms with Gasteiger partial charge in [-0.3, -0.25) is 9.59 Å². The van der Waals surface area contributed by atoms with Gasteiger partial charge in [0, 0.05) is 7.05 Å². The maximum absolute atomic E-state index is 11.6. The van der Waals surface area contributed by atoms with Gasteiger partial charge in [-0.15, -0.1) is 0 Å². The molecule has 0 aromatic heterocycles. The summed E-state index contributed by atoms with van der Waals surface area (Å²) in [4.78, 5) is 22.8. The van der Waals surface area contributed by atoms with Crippen LogP contribution < -0.4 is 5.32 Å². The molecule has 92 valence electrons. The highest BCUT2D eigenvalue weighted by molar-refractivity contribution is 6.01. The van der Waals surface area contributed by atoms with Crippen molar-refractivity contribution >= 4 is 11.9 Å². The Balaban J connectivity index is 2.99. The van der Waals surface area contributed by atoms with Gasteiger partial charge in [-0.2, -0.15) is 0 Å². The van der Waals surface area contributed by atoms with Crippen LogP contribution in [0.25, 0.3) is 0 Å². The fourth-order valence-electron chi connectivity index (χ4n) is 1.55. The molecule has 1 aromatic rings. The first-order valence-electron chi connectivity index (χ1n) is 5.13. The molecular weight excluding hydrogens is 222 g/mol. The van der Waals surface area contributed by atoms with Crippen LogP contribution in [0.4, 0.5) is 0 Å². The minimum Gasteiger partial charge on any atom is -0.508 e. The topological polar surface area (TPSA) is 86.6 Å². The molecule has 3 N–H and O–H groups in total. The summed E-state index contributed by atoms with van der Waals surface area (Å²) in [5.74, 6) is -1.62. The van der Waals surface area contributed by atoms with Crippen molar-refractivity contribution in [1.29, 1.82) is 0 Å². The average Bonchev–Trinajstić information content (AvgIpc) is 2.30. The van der Waals surface area contributed by atoms with Gasteiger partial charge in [0.2, 0.25) is 5.91 Å². The maximum Gasteiger partial charge on any atom is 0.319 e. The van der Waals surface area contributed by atoms with Crippen LogP contribution >= 0.6 is 0 Å². The summed E-state index contributed by atoms with van der Waals surface area (Å²) in [6.45, 7) is 1.38. The van der Waals surface area contributed by atoms with Gasteiger partial charge in [0.25, 0.3) is 0 Å². The molecule has 17 heavy (non-hydrogen) atoms. The van der Waals surface area contributed by atoms with Crippen LogP contribution in [0.3, 0.4) is 0 Å². The van der Waals surface area contributed by atoms with E-state index in [0.717, 1.165) is 0 Å². The monoisotopic (exact) mass is 237 g/mol. The Kier molecular flexibility index (Phi) is 3.73. The van der Waals surface area contributed by atoms with Crippen molar-refractivity contribution in [2.75, 3.05) is 7.05 Å². The maximum atomic E-state index is 11.6. The molecule has 1 amide bonds. The Morgan fingerprint density at radius 1 is 1.29 bits per heavy atom. The fraction of sp³-hybridized carbons (Fsp3) is 0.333. The van der Waals surface area contributed by atoms with E-state index in [1.807, 2.05) is 0 Å². The van der Waals surface area contributed by atoms with E-state index >= 15 is 0 Å². The summed E-state index contributed by atoms with van der Waals surface area (Å²) in [6, 6.07) is 6.11. The normalized spacial score (nSPS) is 13.8. The fourth-order valence-corrected chi connectivity index (χ4v) is 1.55. The molecule has 0 saturated carbocycles. The molecule has 1 unspecified atom stereocenters. The van der Waals surface area contributed by atoms with Crippen LogP contribution in [0.2, 0.25) is 0 Å². The number of hydrogen-bond donors (Lipinski definition) is 3. The number of hydrogen-bond acceptors (Lipinski definition) is 3. The van der Waals surface area contributed by atoms with Crippen LogP contribution in [0, 0.1) is 5.41 Å². The number of nitrogens with one attached hydrogen (secondary N) is 1. The molecule has 1 rings (SSSR count). The summed E-state index contributed by atoms with van der Waals surface area (Å²) in [5.41, 5.74) is -0.831. The number of carboxylic acids is 1. The highest BCUT2D eigenvalue weighted by Crippen LogP contribution is 2.24. The van der Waals surface area contributed by atoms with Crippen molar-refractivity contribution in [3.05, 3.63) is 29.8 Å². The van der Waals surface area contributed by atoms with E-state index in [0.29, 0.717) is 5.56 Å². The second-order valence-corrected chi connectivity index (χ2v) is 4.06. The molecule has 1 aromatic carbocycles. The molecule has 0 spiro atoms. The lowest BCUT2D eigenvalue weighted by atomic mass is 9.82. The number of carbonyl (C=O) groups excluding carboxylic acids is 1. The molecule has 0 aliphatic rings. The Labute approximate surface area is 99.1 Å². The third kappa shape index (κ3) is 2.75. The van der Waals surface area contributed by atoms with Crippen LogP contribution in [-0.4, -0.2) is 29.1 Å². The second-order valence-electron chi connectivity index (χ2n) is 4.06. The highest BCUT2D eigenvalue weighted by atomic mass is 16.4. The number of rotatable bonds is 4. The van der Waals surface area contributed by atoms with E-state index < -0.39 is 17.3 Å². The minimum absolute atomic E-state index is 0.0717. The summed E-state index contributed by atoms with van der Waals surface area (Å²) < 4.78 is 0. The smallest absolute Gasteiger partial charge is 0.319 e. The lowest BCUT2D eigenvalue weighted by molar-refractivity contribution is -0.154. The standard InChI is InChI=1S/C12H15NO4/c1-12(11(16)17,10(15)13-2)7-8-3-5-9(14)6-4-8/h3-6,14H,7H2,1-2H3,(H,13,15)(H,16,17). The number of carboxylic acid groups (broad SMARTS) is 1. The summed E-state index contributed by atoms with van der Waals surface area (Å²) >= 11 is 0. The zero-order chi connectivity index (χ0) is 13.1. The molecule has 0 saturated heterocycles. The van der Waals surface area contributed by atoms with Crippen molar-refractivity contribution in [1.82, 2.24) is 5.32 Å². The molecule has 0 aliphatic carbocycles. The molecule has 5 nitrogen and oxygen atoms in total. The van der Waals surface area contributed by atoms with Crippen LogP contribution in [0.15, 0.2) is 24.3 Å². The third-order valence-corrected chi connectivity index (χ3v) is 2.69. The number of phenols is 1. The number of carbonyl (C=O) groups is 2. The van der Waals surface area contributed by atoms with Crippen molar-refractivity contribution in [3.8, 4) is 5.75 Å². The van der Waals surface area contributed by atoms with Crippen LogP contribution in [0.1, 0.15) is 12.5 Å². The first kappa shape index (κ1) is 13.0. The van der Waals surface area contributed by atoms with Gasteiger partial charge < -0.3 is 15.5 Å². The third-order valence-electron chi connectivity index (χ3n) is 2.69. The number of aromatic hydroxyl groups is 1. The van der Waals surface area contributed by atoms with E-state index in [1.54, 1.807) is 12.1 Å². The molecule has 0 aliphatic heterocycles. The Morgan fingerprint density at radius 2 is 1.82 bits per heavy atom. The summed E-state index contributed by atoms with van der Waals surface area (Å²) in [7, 11) is 1.40. The van der Waals surface area contributed by atoms with Gasteiger partial charge in [-0.05, 0) is 31.0 Å². The second kappa shape index (κ2) is 4.86. The molecular formula is C12H15NO4. The van der Waals surface area contributed by atoms with E-state index in [2.05, 4.69) is 5.32 Å². The number of aliphatic carboxylic acids is 1. The number of amides is 1. The van der Waals surface area contributed by atoms with E-state index in [-0.39, 0.29) is 12.2 Å². The molecule has 5 heteroatoms. The summed E-state index contributed by atoms with van der Waals surface area (Å²) in [6.07, 6.45) is 0.0717. The molecule has 0 fully saturated rings. The average molecular weight is 237 g/mol. The van der Waals surface area contributed by atoms with Crippen molar-refractivity contribution < 1.29 is 19.8 Å². The number of phenolic OH excluding ortho intramolecular Hbond substituents is 1. The quantitative estimate of drug-likeness (QED) is 0.675. The van der Waals surface area contributed by atoms with Gasteiger partial charge in [0.1, 0.15) is 11.2 Å². The molecule has 1 atom stereocenters. The Morgan fingerprint density at radius 3 is 2.24 bits per heavy atom. The van der Waals surface area contributed by atoms with Crippen LogP contribution in [-0.2, 0) is 16.0 Å². The van der Waals surface area contributed by atoms with Gasteiger partial charge in [0.15, 0.2) is 0 Å².